The highest BCUT2D eigenvalue weighted by molar-refractivity contribution is 6.30. The first-order chi connectivity index (χ1) is 6.77. The monoisotopic (exact) mass is 216 g/mol. The van der Waals surface area contributed by atoms with Gasteiger partial charge in [-0.05, 0) is 6.92 Å². The number of alkyl halides is 1. The van der Waals surface area contributed by atoms with Crippen LogP contribution in [0.1, 0.15) is 17.3 Å². The Bertz CT molecular complexity index is 299. The lowest BCUT2D eigenvalue weighted by Crippen LogP contribution is -2.06. The maximum absolute atomic E-state index is 11.1. The summed E-state index contributed by atoms with van der Waals surface area (Å²) in [4.78, 5) is 11.1. The minimum Gasteiger partial charge on any atom is -0.380 e. The number of carbonyl (C=O) groups is 1. The first-order valence-electron chi connectivity index (χ1n) is 4.47. The van der Waals surface area contributed by atoms with Crippen molar-refractivity contribution in [1.82, 2.24) is 9.78 Å². The fourth-order valence-corrected chi connectivity index (χ4v) is 1.16. The molecule has 0 fully saturated rings. The molecule has 0 N–H and O–H groups in total. The number of ketones is 1. The first kappa shape index (κ1) is 11.2. The Morgan fingerprint density at radius 1 is 1.71 bits per heavy atom. The van der Waals surface area contributed by atoms with E-state index in [1.165, 1.54) is 6.20 Å². The fourth-order valence-electron chi connectivity index (χ4n) is 1.01. The smallest absolute Gasteiger partial charge is 0.180 e. The van der Waals surface area contributed by atoms with Gasteiger partial charge in [0.2, 0.25) is 0 Å². The van der Waals surface area contributed by atoms with Crippen LogP contribution in [-0.4, -0.2) is 34.7 Å². The molecule has 5 heteroatoms. The summed E-state index contributed by atoms with van der Waals surface area (Å²) < 4.78 is 6.84. The van der Waals surface area contributed by atoms with Crippen LogP contribution >= 0.6 is 11.6 Å². The van der Waals surface area contributed by atoms with E-state index >= 15 is 0 Å². The number of ether oxygens (including phenoxy) is 1. The van der Waals surface area contributed by atoms with E-state index in [2.05, 4.69) is 5.10 Å². The van der Waals surface area contributed by atoms with Crippen molar-refractivity contribution < 1.29 is 9.53 Å². The summed E-state index contributed by atoms with van der Waals surface area (Å²) in [5.74, 6) is -0.105. The van der Waals surface area contributed by atoms with Gasteiger partial charge in [0.05, 0.1) is 30.8 Å². The predicted octanol–water partition coefficient (Wildman–Crippen LogP) is 1.34. The molecular weight excluding hydrogens is 204 g/mol. The largest absolute Gasteiger partial charge is 0.380 e. The molecule has 0 spiro atoms. The highest BCUT2D eigenvalue weighted by atomic mass is 35.5. The molecule has 1 aromatic rings. The lowest BCUT2D eigenvalue weighted by atomic mass is 10.3. The SMILES string of the molecule is CCOCCn1cc(C(=O)CCl)cn1. The Labute approximate surface area is 87.8 Å². The summed E-state index contributed by atoms with van der Waals surface area (Å²) in [5, 5.41) is 4.01. The van der Waals surface area contributed by atoms with E-state index in [4.69, 9.17) is 16.3 Å². The Kier molecular flexibility index (Phi) is 4.62. The summed E-state index contributed by atoms with van der Waals surface area (Å²) in [6.45, 7) is 3.89. The summed E-state index contributed by atoms with van der Waals surface area (Å²) in [6, 6.07) is 0. The second-order valence-electron chi connectivity index (χ2n) is 2.75. The predicted molar refractivity (Wildman–Crippen MR) is 53.8 cm³/mol. The number of aromatic nitrogens is 2. The molecule has 0 bridgehead atoms. The average molecular weight is 217 g/mol. The molecule has 0 aliphatic heterocycles. The third-order valence-corrected chi connectivity index (χ3v) is 1.99. The Morgan fingerprint density at radius 2 is 2.50 bits per heavy atom. The van der Waals surface area contributed by atoms with Crippen molar-refractivity contribution in [2.45, 2.75) is 13.5 Å². The molecule has 0 aliphatic rings. The summed E-state index contributed by atoms with van der Waals surface area (Å²) in [6.07, 6.45) is 3.21. The third-order valence-electron chi connectivity index (χ3n) is 1.75. The van der Waals surface area contributed by atoms with Gasteiger partial charge in [-0.2, -0.15) is 5.10 Å². The van der Waals surface area contributed by atoms with E-state index in [1.54, 1.807) is 10.9 Å². The van der Waals surface area contributed by atoms with Gasteiger partial charge in [0.1, 0.15) is 0 Å². The number of hydrogen-bond donors (Lipinski definition) is 0. The quantitative estimate of drug-likeness (QED) is 0.410. The van der Waals surface area contributed by atoms with Crippen LogP contribution in [0.5, 0.6) is 0 Å². The van der Waals surface area contributed by atoms with Gasteiger partial charge in [0.25, 0.3) is 0 Å². The molecule has 0 atom stereocenters. The van der Waals surface area contributed by atoms with Crippen LogP contribution in [0.2, 0.25) is 0 Å². The molecule has 14 heavy (non-hydrogen) atoms. The molecule has 0 amide bonds. The van der Waals surface area contributed by atoms with E-state index in [0.717, 1.165) is 0 Å². The van der Waals surface area contributed by atoms with E-state index in [0.29, 0.717) is 25.3 Å². The maximum Gasteiger partial charge on any atom is 0.180 e. The minimum absolute atomic E-state index is 0.00282. The summed E-state index contributed by atoms with van der Waals surface area (Å²) in [5.41, 5.74) is 0.552. The number of Topliss-reactive ketones (excluding diaryl/α,β-unsaturated/α-hetero) is 1. The summed E-state index contributed by atoms with van der Waals surface area (Å²) in [7, 11) is 0. The van der Waals surface area contributed by atoms with Gasteiger partial charge in [-0.3, -0.25) is 9.48 Å². The fraction of sp³-hybridized carbons (Fsp3) is 0.556. The Morgan fingerprint density at radius 3 is 3.14 bits per heavy atom. The van der Waals surface area contributed by atoms with Gasteiger partial charge in [-0.1, -0.05) is 0 Å². The number of rotatable bonds is 6. The highest BCUT2D eigenvalue weighted by Gasteiger charge is 2.06. The van der Waals surface area contributed by atoms with Crippen molar-refractivity contribution in [1.29, 1.82) is 0 Å². The van der Waals surface area contributed by atoms with Crippen molar-refractivity contribution in [2.24, 2.45) is 0 Å². The molecule has 0 saturated heterocycles. The lowest BCUT2D eigenvalue weighted by molar-refractivity contribution is 0.102. The Hall–Kier alpha value is -0.870. The van der Waals surface area contributed by atoms with Crippen molar-refractivity contribution in [3.63, 3.8) is 0 Å². The van der Waals surface area contributed by atoms with Crippen LogP contribution in [0, 0.1) is 0 Å². The lowest BCUT2D eigenvalue weighted by Gasteiger charge is -2.00. The molecule has 1 aromatic heterocycles. The van der Waals surface area contributed by atoms with Crippen LogP contribution in [0.25, 0.3) is 0 Å². The molecule has 0 saturated carbocycles. The van der Waals surface area contributed by atoms with Gasteiger partial charge in [0, 0.05) is 12.8 Å². The highest BCUT2D eigenvalue weighted by Crippen LogP contribution is 2.00. The third kappa shape index (κ3) is 3.12. The van der Waals surface area contributed by atoms with E-state index in [-0.39, 0.29) is 11.7 Å². The first-order valence-corrected chi connectivity index (χ1v) is 5.00. The molecule has 0 aliphatic carbocycles. The van der Waals surface area contributed by atoms with Gasteiger partial charge < -0.3 is 4.74 Å². The standard InChI is InChI=1S/C9H13ClN2O2/c1-2-14-4-3-12-7-8(6-11-12)9(13)5-10/h6-7H,2-5H2,1H3. The zero-order chi connectivity index (χ0) is 10.4. The number of nitrogens with zero attached hydrogens (tertiary/aromatic N) is 2. The van der Waals surface area contributed by atoms with Gasteiger partial charge in [0.15, 0.2) is 5.78 Å². The second kappa shape index (κ2) is 5.78. The van der Waals surface area contributed by atoms with Gasteiger partial charge in [-0.15, -0.1) is 11.6 Å². The minimum atomic E-state index is -0.102. The van der Waals surface area contributed by atoms with Crippen LogP contribution in [0.4, 0.5) is 0 Å². The molecule has 1 heterocycles. The number of carbonyl (C=O) groups excluding carboxylic acids is 1. The second-order valence-corrected chi connectivity index (χ2v) is 3.01. The molecule has 0 unspecified atom stereocenters. The van der Waals surface area contributed by atoms with Crippen LogP contribution < -0.4 is 0 Å². The van der Waals surface area contributed by atoms with E-state index < -0.39 is 0 Å². The van der Waals surface area contributed by atoms with Crippen LogP contribution in [0.15, 0.2) is 12.4 Å². The van der Waals surface area contributed by atoms with Crippen molar-refractivity contribution >= 4 is 17.4 Å². The molecule has 1 rings (SSSR count). The molecular formula is C9H13ClN2O2. The van der Waals surface area contributed by atoms with E-state index in [9.17, 15) is 4.79 Å². The topological polar surface area (TPSA) is 44.1 Å². The van der Waals surface area contributed by atoms with Gasteiger partial charge in [-0.25, -0.2) is 0 Å². The molecule has 4 nitrogen and oxygen atoms in total. The number of halogens is 1. The molecule has 0 aromatic carbocycles. The average Bonchev–Trinajstić information content (AvgIpc) is 2.66. The van der Waals surface area contributed by atoms with Crippen LogP contribution in [0.3, 0.4) is 0 Å². The summed E-state index contributed by atoms with van der Waals surface area (Å²) >= 11 is 5.41. The van der Waals surface area contributed by atoms with Gasteiger partial charge >= 0.3 is 0 Å². The zero-order valence-corrected chi connectivity index (χ0v) is 8.83. The van der Waals surface area contributed by atoms with Crippen LogP contribution in [-0.2, 0) is 11.3 Å². The van der Waals surface area contributed by atoms with E-state index in [1.807, 2.05) is 6.92 Å². The Balaban J connectivity index is 2.46. The van der Waals surface area contributed by atoms with Crippen molar-refractivity contribution in [3.05, 3.63) is 18.0 Å². The maximum atomic E-state index is 11.1. The number of hydrogen-bond acceptors (Lipinski definition) is 3. The van der Waals surface area contributed by atoms with Crippen molar-refractivity contribution in [3.8, 4) is 0 Å². The molecule has 0 radical (unpaired) electrons. The molecule has 78 valence electrons. The van der Waals surface area contributed by atoms with Crippen molar-refractivity contribution in [2.75, 3.05) is 19.1 Å². The normalized spacial score (nSPS) is 10.4. The zero-order valence-electron chi connectivity index (χ0n) is 8.07.